The average molecular weight is 312 g/mol. The van der Waals surface area contributed by atoms with Crippen molar-refractivity contribution in [2.75, 3.05) is 0 Å². The Kier molecular flexibility index (Phi) is 3.58. The maximum Gasteiger partial charge on any atom is 0.235 e. The van der Waals surface area contributed by atoms with Crippen LogP contribution < -0.4 is 0 Å². The Hall–Kier alpha value is -2.40. The molecule has 0 saturated carbocycles. The minimum atomic E-state index is -3.63. The quantitative estimate of drug-likeness (QED) is 0.742. The largest absolute Gasteiger partial charge is 0.310 e. The molecule has 0 aliphatic rings. The molecule has 0 saturated heterocycles. The number of para-hydroxylation sites is 2. The summed E-state index contributed by atoms with van der Waals surface area (Å²) in [6.45, 7) is 5.52. The Morgan fingerprint density at radius 2 is 1.73 bits per heavy atom. The van der Waals surface area contributed by atoms with E-state index >= 15 is 0 Å². The molecule has 1 heterocycles. The third-order valence-corrected chi connectivity index (χ3v) is 5.21. The number of fused-ring (bicyclic) bond motifs is 1. The van der Waals surface area contributed by atoms with E-state index in [2.05, 4.69) is 11.6 Å². The van der Waals surface area contributed by atoms with Crippen LogP contribution in [0.25, 0.3) is 11.0 Å². The van der Waals surface area contributed by atoms with Crippen molar-refractivity contribution in [3.05, 3.63) is 71.6 Å². The Morgan fingerprint density at radius 1 is 1.09 bits per heavy atom. The molecule has 0 amide bonds. The molecule has 22 heavy (non-hydrogen) atoms. The zero-order valence-electron chi connectivity index (χ0n) is 12.2. The van der Waals surface area contributed by atoms with Crippen LogP contribution in [-0.4, -0.2) is 18.0 Å². The van der Waals surface area contributed by atoms with Crippen LogP contribution in [0.4, 0.5) is 0 Å². The highest BCUT2D eigenvalue weighted by Crippen LogP contribution is 2.24. The molecule has 3 aromatic rings. The van der Waals surface area contributed by atoms with Crippen LogP contribution in [-0.2, 0) is 16.4 Å². The highest BCUT2D eigenvalue weighted by molar-refractivity contribution is 7.95. The van der Waals surface area contributed by atoms with Crippen LogP contribution in [0.3, 0.4) is 0 Å². The molecule has 2 aromatic carbocycles. The van der Waals surface area contributed by atoms with Crippen LogP contribution in [0.1, 0.15) is 12.5 Å². The molecule has 0 bridgehead atoms. The van der Waals surface area contributed by atoms with Crippen molar-refractivity contribution in [1.29, 1.82) is 0 Å². The number of aromatic nitrogens is 2. The first-order valence-corrected chi connectivity index (χ1v) is 8.38. The van der Waals surface area contributed by atoms with Crippen molar-refractivity contribution in [3.8, 4) is 0 Å². The molecule has 0 aliphatic carbocycles. The molecule has 0 radical (unpaired) electrons. The van der Waals surface area contributed by atoms with Crippen LogP contribution >= 0.6 is 0 Å². The Morgan fingerprint density at radius 3 is 2.41 bits per heavy atom. The molecule has 0 fully saturated rings. The number of hydrogen-bond donors (Lipinski definition) is 0. The summed E-state index contributed by atoms with van der Waals surface area (Å²) in [6, 6.07) is 17.1. The third-order valence-electron chi connectivity index (χ3n) is 3.50. The first-order valence-electron chi connectivity index (χ1n) is 6.90. The van der Waals surface area contributed by atoms with E-state index < -0.39 is 9.84 Å². The summed E-state index contributed by atoms with van der Waals surface area (Å²) in [5.41, 5.74) is 2.48. The van der Waals surface area contributed by atoms with Crippen molar-refractivity contribution in [2.24, 2.45) is 0 Å². The van der Waals surface area contributed by atoms with Gasteiger partial charge in [0.25, 0.3) is 0 Å². The van der Waals surface area contributed by atoms with Gasteiger partial charge in [0, 0.05) is 4.91 Å². The summed E-state index contributed by atoms with van der Waals surface area (Å²) in [6.07, 6.45) is 0. The smallest absolute Gasteiger partial charge is 0.235 e. The SMILES string of the molecule is C=C(C)S(=O)(=O)c1nc2ccccc2n1Cc1ccccc1. The van der Waals surface area contributed by atoms with Crippen molar-refractivity contribution >= 4 is 20.9 Å². The monoisotopic (exact) mass is 312 g/mol. The lowest BCUT2D eigenvalue weighted by Gasteiger charge is -2.09. The van der Waals surface area contributed by atoms with Gasteiger partial charge in [-0.15, -0.1) is 0 Å². The minimum Gasteiger partial charge on any atom is -0.310 e. The van der Waals surface area contributed by atoms with Gasteiger partial charge in [-0.05, 0) is 24.6 Å². The van der Waals surface area contributed by atoms with E-state index in [4.69, 9.17) is 0 Å². The molecule has 0 aliphatic heterocycles. The molecule has 0 N–H and O–H groups in total. The first-order chi connectivity index (χ1) is 10.5. The zero-order valence-corrected chi connectivity index (χ0v) is 13.0. The molecule has 1 aromatic heterocycles. The number of sulfone groups is 1. The Labute approximate surface area is 129 Å². The van der Waals surface area contributed by atoms with Crippen LogP contribution in [0.2, 0.25) is 0 Å². The van der Waals surface area contributed by atoms with E-state index in [1.165, 1.54) is 6.92 Å². The molecule has 0 unspecified atom stereocenters. The molecule has 112 valence electrons. The van der Waals surface area contributed by atoms with E-state index in [1.54, 1.807) is 4.57 Å². The van der Waals surface area contributed by atoms with E-state index in [1.807, 2.05) is 54.6 Å². The second-order valence-electron chi connectivity index (χ2n) is 5.16. The summed E-state index contributed by atoms with van der Waals surface area (Å²) in [4.78, 5) is 4.41. The number of hydrogen-bond acceptors (Lipinski definition) is 3. The predicted molar refractivity (Wildman–Crippen MR) is 87.3 cm³/mol. The fourth-order valence-corrected chi connectivity index (χ4v) is 3.32. The summed E-state index contributed by atoms with van der Waals surface area (Å²) >= 11 is 0. The molecule has 5 heteroatoms. The van der Waals surface area contributed by atoms with E-state index in [9.17, 15) is 8.42 Å². The van der Waals surface area contributed by atoms with E-state index in [-0.39, 0.29) is 10.1 Å². The molecular formula is C17H16N2O2S. The van der Waals surface area contributed by atoms with Crippen LogP contribution in [0.15, 0.2) is 71.2 Å². The Balaban J connectivity index is 2.24. The van der Waals surface area contributed by atoms with Crippen molar-refractivity contribution < 1.29 is 8.42 Å². The molecular weight excluding hydrogens is 296 g/mol. The fraction of sp³-hybridized carbons (Fsp3) is 0.118. The highest BCUT2D eigenvalue weighted by atomic mass is 32.2. The second kappa shape index (κ2) is 5.42. The standard InChI is InChI=1S/C17H16N2O2S/c1-13(2)22(20,21)17-18-15-10-6-7-11-16(15)19(17)12-14-8-4-3-5-9-14/h3-11H,1,12H2,2H3. The third kappa shape index (κ3) is 2.44. The average Bonchev–Trinajstić information content (AvgIpc) is 2.88. The molecule has 0 atom stereocenters. The van der Waals surface area contributed by atoms with Gasteiger partial charge >= 0.3 is 0 Å². The van der Waals surface area contributed by atoms with Gasteiger partial charge in [0.05, 0.1) is 17.6 Å². The van der Waals surface area contributed by atoms with Gasteiger partial charge in [0.2, 0.25) is 15.0 Å². The number of nitrogens with zero attached hydrogens (tertiary/aromatic N) is 2. The Bertz CT molecular complexity index is 941. The summed E-state index contributed by atoms with van der Waals surface area (Å²) in [7, 11) is -3.63. The maximum absolute atomic E-state index is 12.5. The highest BCUT2D eigenvalue weighted by Gasteiger charge is 2.24. The number of allylic oxidation sites excluding steroid dienone is 1. The van der Waals surface area contributed by atoms with Gasteiger partial charge in [-0.3, -0.25) is 0 Å². The van der Waals surface area contributed by atoms with Crippen LogP contribution in [0.5, 0.6) is 0 Å². The van der Waals surface area contributed by atoms with E-state index in [0.29, 0.717) is 12.1 Å². The first kappa shape index (κ1) is 14.5. The fourth-order valence-electron chi connectivity index (χ4n) is 2.33. The normalized spacial score (nSPS) is 11.7. The lowest BCUT2D eigenvalue weighted by molar-refractivity contribution is 0.581. The lowest BCUT2D eigenvalue weighted by atomic mass is 10.2. The van der Waals surface area contributed by atoms with Gasteiger partial charge in [-0.1, -0.05) is 49.0 Å². The number of benzene rings is 2. The second-order valence-corrected chi connectivity index (χ2v) is 7.23. The van der Waals surface area contributed by atoms with Gasteiger partial charge in [-0.25, -0.2) is 13.4 Å². The predicted octanol–water partition coefficient (Wildman–Crippen LogP) is 3.39. The van der Waals surface area contributed by atoms with Gasteiger partial charge in [-0.2, -0.15) is 0 Å². The summed E-state index contributed by atoms with van der Waals surface area (Å²) in [5.74, 6) is 0. The zero-order chi connectivity index (χ0) is 15.7. The van der Waals surface area contributed by atoms with Gasteiger partial charge in [0.15, 0.2) is 0 Å². The topological polar surface area (TPSA) is 52.0 Å². The van der Waals surface area contributed by atoms with Gasteiger partial charge in [0.1, 0.15) is 0 Å². The molecule has 0 spiro atoms. The number of imidazole rings is 1. The van der Waals surface area contributed by atoms with Crippen molar-refractivity contribution in [1.82, 2.24) is 9.55 Å². The maximum atomic E-state index is 12.5. The van der Waals surface area contributed by atoms with Crippen LogP contribution in [0, 0.1) is 0 Å². The van der Waals surface area contributed by atoms with Crippen molar-refractivity contribution in [3.63, 3.8) is 0 Å². The van der Waals surface area contributed by atoms with Crippen molar-refractivity contribution in [2.45, 2.75) is 18.6 Å². The molecule has 3 rings (SSSR count). The minimum absolute atomic E-state index is 0.0463. The van der Waals surface area contributed by atoms with Gasteiger partial charge < -0.3 is 4.57 Å². The van der Waals surface area contributed by atoms with E-state index in [0.717, 1.165) is 11.1 Å². The molecule has 4 nitrogen and oxygen atoms in total. The summed E-state index contributed by atoms with van der Waals surface area (Å²) in [5, 5.41) is 0.0463. The lowest BCUT2D eigenvalue weighted by Crippen LogP contribution is -2.12. The summed E-state index contributed by atoms with van der Waals surface area (Å²) < 4.78 is 26.8. The number of rotatable bonds is 4.